The van der Waals surface area contributed by atoms with E-state index in [4.69, 9.17) is 18.1 Å². The van der Waals surface area contributed by atoms with Crippen LogP contribution in [0.2, 0.25) is 0 Å². The Balaban J connectivity index is 1.65. The van der Waals surface area contributed by atoms with Gasteiger partial charge in [0.1, 0.15) is 11.6 Å². The van der Waals surface area contributed by atoms with Gasteiger partial charge in [-0.3, -0.25) is 15.2 Å². The van der Waals surface area contributed by atoms with Crippen LogP contribution in [0.1, 0.15) is 42.8 Å². The Morgan fingerprint density at radius 2 is 2.24 bits per heavy atom. The zero-order valence-corrected chi connectivity index (χ0v) is 16.5. The Kier molecular flexibility index (Phi) is 5.19. The lowest BCUT2D eigenvalue weighted by Crippen LogP contribution is -2.52. The van der Waals surface area contributed by atoms with Crippen molar-refractivity contribution in [2.75, 3.05) is 0 Å². The highest BCUT2D eigenvalue weighted by molar-refractivity contribution is 7.80. The molecule has 2 aliphatic rings. The van der Waals surface area contributed by atoms with Gasteiger partial charge in [-0.05, 0) is 48.7 Å². The summed E-state index contributed by atoms with van der Waals surface area (Å²) >= 11 is 5.62. The molecule has 1 fully saturated rings. The summed E-state index contributed by atoms with van der Waals surface area (Å²) in [5.41, 5.74) is 4.54. The maximum Gasteiger partial charge on any atom is 0.238 e. The van der Waals surface area contributed by atoms with E-state index >= 15 is 0 Å². The summed E-state index contributed by atoms with van der Waals surface area (Å²) in [7, 11) is 0. The fourth-order valence-corrected chi connectivity index (χ4v) is 4.29. The van der Waals surface area contributed by atoms with Crippen LogP contribution >= 0.6 is 12.2 Å². The lowest BCUT2D eigenvalue weighted by Gasteiger charge is -2.36. The van der Waals surface area contributed by atoms with Crippen molar-refractivity contribution in [2.45, 2.75) is 44.8 Å². The van der Waals surface area contributed by atoms with Crippen LogP contribution in [0.15, 0.2) is 24.7 Å². The van der Waals surface area contributed by atoms with Gasteiger partial charge in [0, 0.05) is 12.5 Å². The number of aromatic amines is 1. The number of hydrazine groups is 3. The monoisotopic (exact) mass is 421 g/mol. The number of fused-ring (bicyclic) bond motifs is 1. The van der Waals surface area contributed by atoms with Gasteiger partial charge in [-0.25, -0.2) is 24.6 Å². The van der Waals surface area contributed by atoms with Gasteiger partial charge in [-0.1, -0.05) is 6.92 Å². The molecule has 0 bridgehead atoms. The highest BCUT2D eigenvalue weighted by Crippen LogP contribution is 2.35. The number of hydrogen-bond acceptors (Lipinski definition) is 5. The van der Waals surface area contributed by atoms with Crippen LogP contribution in [0, 0.1) is 11.6 Å². The number of hydrogen-bond donors (Lipinski definition) is 3. The van der Waals surface area contributed by atoms with Crippen LogP contribution in [0.25, 0.3) is 0 Å². The second kappa shape index (κ2) is 7.65. The maximum absolute atomic E-state index is 14.1. The van der Waals surface area contributed by atoms with E-state index < -0.39 is 17.8 Å². The minimum atomic E-state index is -0.619. The fourth-order valence-electron chi connectivity index (χ4n) is 3.90. The van der Waals surface area contributed by atoms with Gasteiger partial charge < -0.3 is 4.98 Å². The molecule has 0 spiro atoms. The molecule has 1 saturated heterocycles. The molecule has 4 N–H and O–H groups in total. The number of aromatic nitrogens is 2. The number of benzene rings is 1. The van der Waals surface area contributed by atoms with Crippen molar-refractivity contribution in [1.82, 2.24) is 30.5 Å². The van der Waals surface area contributed by atoms with Crippen molar-refractivity contribution in [3.8, 4) is 0 Å². The summed E-state index contributed by atoms with van der Waals surface area (Å²) in [6.07, 6.45) is 4.16. The molecule has 0 radical (unpaired) electrons. The molecule has 154 valence electrons. The Bertz CT molecular complexity index is 939. The smallest absolute Gasteiger partial charge is 0.238 e. The normalized spacial score (nSPS) is 22.1. The molecule has 1 unspecified atom stereocenters. The Morgan fingerprint density at radius 1 is 1.45 bits per heavy atom. The molecule has 2 heterocycles. The van der Waals surface area contributed by atoms with E-state index in [1.165, 1.54) is 22.5 Å². The third kappa shape index (κ3) is 3.45. The van der Waals surface area contributed by atoms with Crippen LogP contribution in [-0.2, 0) is 17.6 Å². The van der Waals surface area contributed by atoms with Crippen LogP contribution in [0.3, 0.4) is 0 Å². The SMILES string of the molecule is CCC(=O)NN1C(=S)N([C@H]2CCc3c(F)cc(F)cc3C2)N(N)C1c1cnc[nH]1. The first kappa shape index (κ1) is 19.7. The molecule has 1 aromatic carbocycles. The predicted octanol–water partition coefficient (Wildman–Crippen LogP) is 1.68. The highest BCUT2D eigenvalue weighted by atomic mass is 32.1. The quantitative estimate of drug-likeness (QED) is 0.511. The van der Waals surface area contributed by atoms with E-state index in [2.05, 4.69) is 15.4 Å². The van der Waals surface area contributed by atoms with E-state index in [0.29, 0.717) is 41.2 Å². The summed E-state index contributed by atoms with van der Waals surface area (Å²) in [5, 5.41) is 4.94. The van der Waals surface area contributed by atoms with Crippen molar-refractivity contribution >= 4 is 23.2 Å². The summed E-state index contributed by atoms with van der Waals surface area (Å²) < 4.78 is 27.8. The number of carbonyl (C=O) groups excluding carboxylic acids is 1. The van der Waals surface area contributed by atoms with Crippen molar-refractivity contribution < 1.29 is 13.6 Å². The van der Waals surface area contributed by atoms with E-state index in [0.717, 1.165) is 6.07 Å². The van der Waals surface area contributed by atoms with E-state index in [1.54, 1.807) is 18.1 Å². The highest BCUT2D eigenvalue weighted by Gasteiger charge is 2.46. The number of nitrogens with zero attached hydrogens (tertiary/aromatic N) is 4. The summed E-state index contributed by atoms with van der Waals surface area (Å²) in [4.78, 5) is 19.1. The van der Waals surface area contributed by atoms with Crippen LogP contribution in [0.5, 0.6) is 0 Å². The molecule has 29 heavy (non-hydrogen) atoms. The minimum absolute atomic E-state index is 0.213. The molecule has 1 aliphatic carbocycles. The number of halogens is 2. The maximum atomic E-state index is 14.1. The second-order valence-electron chi connectivity index (χ2n) is 7.07. The van der Waals surface area contributed by atoms with E-state index in [9.17, 15) is 13.6 Å². The number of carbonyl (C=O) groups is 1. The lowest BCUT2D eigenvalue weighted by atomic mass is 9.87. The van der Waals surface area contributed by atoms with Crippen molar-refractivity contribution in [2.24, 2.45) is 5.84 Å². The molecule has 2 atom stereocenters. The lowest BCUT2D eigenvalue weighted by molar-refractivity contribution is -0.126. The van der Waals surface area contributed by atoms with Gasteiger partial charge in [0.2, 0.25) is 11.0 Å². The number of H-pyrrole nitrogens is 1. The third-order valence-electron chi connectivity index (χ3n) is 5.29. The van der Waals surface area contributed by atoms with Gasteiger partial charge in [-0.15, -0.1) is 5.12 Å². The first-order chi connectivity index (χ1) is 13.9. The Morgan fingerprint density at radius 3 is 2.93 bits per heavy atom. The zero-order valence-electron chi connectivity index (χ0n) is 15.7. The van der Waals surface area contributed by atoms with Gasteiger partial charge in [0.05, 0.1) is 24.3 Å². The zero-order chi connectivity index (χ0) is 20.7. The molecular formula is C18H21F2N7OS. The Labute approximate surface area is 171 Å². The number of nitrogens with one attached hydrogen (secondary N) is 2. The third-order valence-corrected chi connectivity index (χ3v) is 5.68. The van der Waals surface area contributed by atoms with Gasteiger partial charge in [0.25, 0.3) is 0 Å². The van der Waals surface area contributed by atoms with Crippen LogP contribution in [-0.4, -0.2) is 42.2 Å². The average Bonchev–Trinajstić information content (AvgIpc) is 3.28. The van der Waals surface area contributed by atoms with Crippen molar-refractivity contribution in [3.63, 3.8) is 0 Å². The molecule has 1 aliphatic heterocycles. The Hall–Kier alpha value is -2.63. The van der Waals surface area contributed by atoms with Crippen molar-refractivity contribution in [3.05, 3.63) is 53.1 Å². The number of rotatable bonds is 4. The first-order valence-electron chi connectivity index (χ1n) is 9.31. The van der Waals surface area contributed by atoms with Crippen LogP contribution < -0.4 is 11.3 Å². The predicted molar refractivity (Wildman–Crippen MR) is 104 cm³/mol. The van der Waals surface area contributed by atoms with Crippen molar-refractivity contribution in [1.29, 1.82) is 0 Å². The minimum Gasteiger partial charge on any atom is -0.345 e. The molecular weight excluding hydrogens is 400 g/mol. The van der Waals surface area contributed by atoms with Gasteiger partial charge in [-0.2, -0.15) is 0 Å². The molecule has 11 heteroatoms. The molecule has 2 aromatic rings. The van der Waals surface area contributed by atoms with Gasteiger partial charge >= 0.3 is 0 Å². The number of nitrogens with two attached hydrogens (primary N) is 1. The summed E-state index contributed by atoms with van der Waals surface area (Å²) in [6.45, 7) is 1.73. The van der Waals surface area contributed by atoms with Crippen LogP contribution in [0.4, 0.5) is 8.78 Å². The second-order valence-corrected chi connectivity index (χ2v) is 7.43. The topological polar surface area (TPSA) is 93.5 Å². The number of amides is 1. The standard InChI is InChI=1S/C18H21F2N7OS/c1-2-16(28)24-25-17(15-8-22-9-23-15)27(21)26(18(25)29)12-3-4-13-10(6-12)5-11(19)7-14(13)20/h5,7-9,12,17H,2-4,6,21H2,1H3,(H,22,23)(H,24,28)/t12-,17?/m0/s1. The first-order valence-corrected chi connectivity index (χ1v) is 9.72. The van der Waals surface area contributed by atoms with Gasteiger partial charge in [0.15, 0.2) is 6.17 Å². The fraction of sp³-hybridized carbons (Fsp3) is 0.389. The number of thiocarbonyl (C=S) groups is 1. The summed E-state index contributed by atoms with van der Waals surface area (Å²) in [5.74, 6) is 5.05. The summed E-state index contributed by atoms with van der Waals surface area (Å²) in [6, 6.07) is 2.05. The van der Waals surface area contributed by atoms with E-state index in [-0.39, 0.29) is 18.4 Å². The molecule has 1 amide bonds. The molecule has 8 nitrogen and oxygen atoms in total. The van der Waals surface area contributed by atoms with E-state index in [1.807, 2.05) is 0 Å². The molecule has 4 rings (SSSR count). The molecule has 1 aromatic heterocycles. The number of imidazole rings is 1. The average molecular weight is 421 g/mol. The largest absolute Gasteiger partial charge is 0.345 e. The molecule has 0 saturated carbocycles.